The van der Waals surface area contributed by atoms with Crippen molar-refractivity contribution < 1.29 is 24.2 Å². The average molecular weight is 466 g/mol. The van der Waals surface area contributed by atoms with Crippen LogP contribution in [0, 0.1) is 5.92 Å². The quantitative estimate of drug-likeness (QED) is 0.198. The summed E-state index contributed by atoms with van der Waals surface area (Å²) >= 11 is 0. The molecular weight excluding hydrogens is 430 g/mol. The number of ether oxygens (including phenoxy) is 2. The molecule has 0 aromatic heterocycles. The van der Waals surface area contributed by atoms with Gasteiger partial charge >= 0.3 is 0 Å². The van der Waals surface area contributed by atoms with Crippen LogP contribution in [-0.2, 0) is 9.59 Å². The van der Waals surface area contributed by atoms with Gasteiger partial charge in [0.05, 0.1) is 24.8 Å². The largest absolute Gasteiger partial charge is 0.507 e. The minimum atomic E-state index is -0.665. The maximum atomic E-state index is 13.2. The van der Waals surface area contributed by atoms with Crippen LogP contribution >= 0.6 is 0 Å². The monoisotopic (exact) mass is 465 g/mol. The number of ketones is 1. The maximum Gasteiger partial charge on any atom is 0.295 e. The zero-order chi connectivity index (χ0) is 24.7. The lowest BCUT2D eigenvalue weighted by molar-refractivity contribution is -0.139. The smallest absolute Gasteiger partial charge is 0.295 e. The number of aliphatic hydroxyl groups excluding tert-OH is 1. The number of amides is 1. The van der Waals surface area contributed by atoms with Crippen LogP contribution in [0.15, 0.2) is 54.1 Å². The van der Waals surface area contributed by atoms with E-state index in [1.165, 1.54) is 0 Å². The van der Waals surface area contributed by atoms with Crippen LogP contribution in [0.5, 0.6) is 11.5 Å². The third-order valence-electron chi connectivity index (χ3n) is 5.74. The van der Waals surface area contributed by atoms with E-state index >= 15 is 0 Å². The predicted molar refractivity (Wildman–Crippen MR) is 133 cm³/mol. The molecule has 1 unspecified atom stereocenters. The van der Waals surface area contributed by atoms with E-state index in [4.69, 9.17) is 9.47 Å². The van der Waals surface area contributed by atoms with Gasteiger partial charge in [-0.3, -0.25) is 9.59 Å². The Kier molecular flexibility index (Phi) is 8.74. The Hall–Kier alpha value is -3.28. The Morgan fingerprint density at radius 1 is 1.00 bits per heavy atom. The van der Waals surface area contributed by atoms with Crippen molar-refractivity contribution in [3.63, 3.8) is 0 Å². The van der Waals surface area contributed by atoms with Gasteiger partial charge in [-0.15, -0.1) is 0 Å². The highest BCUT2D eigenvalue weighted by Gasteiger charge is 2.45. The summed E-state index contributed by atoms with van der Waals surface area (Å²) in [6.07, 6.45) is 2.74. The summed E-state index contributed by atoms with van der Waals surface area (Å²) in [6.45, 7) is 9.65. The maximum absolute atomic E-state index is 13.2. The lowest BCUT2D eigenvalue weighted by Crippen LogP contribution is -2.30. The fourth-order valence-corrected chi connectivity index (χ4v) is 4.05. The molecule has 182 valence electrons. The highest BCUT2D eigenvalue weighted by molar-refractivity contribution is 6.46. The molecule has 1 atom stereocenters. The topological polar surface area (TPSA) is 76.1 Å². The van der Waals surface area contributed by atoms with E-state index in [9.17, 15) is 14.7 Å². The molecule has 2 aromatic rings. The minimum Gasteiger partial charge on any atom is -0.507 e. The second-order valence-corrected chi connectivity index (χ2v) is 8.93. The molecule has 6 heteroatoms. The molecule has 1 aliphatic heterocycles. The average Bonchev–Trinajstić information content (AvgIpc) is 3.08. The molecule has 0 radical (unpaired) electrons. The lowest BCUT2D eigenvalue weighted by Gasteiger charge is -2.25. The van der Waals surface area contributed by atoms with Crippen LogP contribution in [-0.4, -0.2) is 41.5 Å². The number of likely N-dealkylation sites (tertiary alicyclic amines) is 1. The highest BCUT2D eigenvalue weighted by atomic mass is 16.5. The van der Waals surface area contributed by atoms with Gasteiger partial charge in [0.1, 0.15) is 17.3 Å². The summed E-state index contributed by atoms with van der Waals surface area (Å²) < 4.78 is 11.3. The first-order valence-electron chi connectivity index (χ1n) is 12.1. The molecule has 1 saturated heterocycles. The SMILES string of the molecule is CCCCCN1C(=O)C(=O)/C(=C(\O)c2cccc(OCC(C)C)c2)C1c1ccc(OCC)cc1. The predicted octanol–water partition coefficient (Wildman–Crippen LogP) is 5.73. The molecule has 1 amide bonds. The van der Waals surface area contributed by atoms with Crippen molar-refractivity contribution in [2.45, 2.75) is 53.0 Å². The van der Waals surface area contributed by atoms with Gasteiger partial charge < -0.3 is 19.5 Å². The van der Waals surface area contributed by atoms with Gasteiger partial charge in [0.2, 0.25) is 0 Å². The number of carbonyl (C=O) groups is 2. The Balaban J connectivity index is 2.04. The Morgan fingerprint density at radius 3 is 2.38 bits per heavy atom. The molecule has 3 rings (SSSR count). The van der Waals surface area contributed by atoms with Gasteiger partial charge in [-0.1, -0.05) is 57.9 Å². The molecule has 0 aliphatic carbocycles. The molecule has 1 aliphatic rings. The number of Topliss-reactive ketones (excluding diaryl/α,β-unsaturated/α-hetero) is 1. The zero-order valence-corrected chi connectivity index (χ0v) is 20.5. The van der Waals surface area contributed by atoms with Crippen LogP contribution in [0.25, 0.3) is 5.76 Å². The van der Waals surface area contributed by atoms with E-state index in [0.717, 1.165) is 24.8 Å². The van der Waals surface area contributed by atoms with Gasteiger partial charge in [-0.05, 0) is 49.1 Å². The minimum absolute atomic E-state index is 0.103. The number of benzene rings is 2. The first-order chi connectivity index (χ1) is 16.4. The number of rotatable bonds is 11. The van der Waals surface area contributed by atoms with Crippen molar-refractivity contribution in [1.29, 1.82) is 0 Å². The molecule has 34 heavy (non-hydrogen) atoms. The number of hydrogen-bond donors (Lipinski definition) is 1. The highest BCUT2D eigenvalue weighted by Crippen LogP contribution is 2.40. The zero-order valence-electron chi connectivity index (χ0n) is 20.5. The van der Waals surface area contributed by atoms with E-state index in [2.05, 4.69) is 20.8 Å². The normalized spacial score (nSPS) is 17.4. The Morgan fingerprint density at radius 2 is 1.74 bits per heavy atom. The van der Waals surface area contributed by atoms with Crippen LogP contribution in [0.1, 0.15) is 64.1 Å². The van der Waals surface area contributed by atoms with Crippen molar-refractivity contribution in [3.8, 4) is 11.5 Å². The molecule has 0 spiro atoms. The van der Waals surface area contributed by atoms with E-state index in [0.29, 0.717) is 42.7 Å². The van der Waals surface area contributed by atoms with Crippen LogP contribution in [0.4, 0.5) is 0 Å². The van der Waals surface area contributed by atoms with Crippen molar-refractivity contribution in [3.05, 3.63) is 65.2 Å². The summed E-state index contributed by atoms with van der Waals surface area (Å²) in [5, 5.41) is 11.3. The Labute approximate surface area is 202 Å². The second-order valence-electron chi connectivity index (χ2n) is 8.93. The third kappa shape index (κ3) is 5.79. The summed E-state index contributed by atoms with van der Waals surface area (Å²) in [7, 11) is 0. The lowest BCUT2D eigenvalue weighted by atomic mass is 9.95. The number of unbranched alkanes of at least 4 members (excludes halogenated alkanes) is 2. The van der Waals surface area contributed by atoms with Gasteiger partial charge in [0.25, 0.3) is 11.7 Å². The van der Waals surface area contributed by atoms with Gasteiger partial charge in [-0.2, -0.15) is 0 Å². The molecular formula is C28H35NO5. The molecule has 6 nitrogen and oxygen atoms in total. The molecule has 1 fully saturated rings. The number of aliphatic hydroxyl groups is 1. The van der Waals surface area contributed by atoms with E-state index < -0.39 is 17.7 Å². The van der Waals surface area contributed by atoms with E-state index in [1.54, 1.807) is 23.1 Å². The molecule has 0 saturated carbocycles. The molecule has 1 N–H and O–H groups in total. The molecule has 1 heterocycles. The van der Waals surface area contributed by atoms with Crippen molar-refractivity contribution in [2.75, 3.05) is 19.8 Å². The van der Waals surface area contributed by atoms with Gasteiger partial charge in [0.15, 0.2) is 0 Å². The van der Waals surface area contributed by atoms with Crippen molar-refractivity contribution in [2.24, 2.45) is 5.92 Å². The van der Waals surface area contributed by atoms with Crippen LogP contribution in [0.3, 0.4) is 0 Å². The second kappa shape index (κ2) is 11.7. The third-order valence-corrected chi connectivity index (χ3v) is 5.74. The van der Waals surface area contributed by atoms with E-state index in [-0.39, 0.29) is 11.3 Å². The summed E-state index contributed by atoms with van der Waals surface area (Å²) in [5.74, 6) is 0.234. The number of carbonyl (C=O) groups excluding carboxylic acids is 2. The summed E-state index contributed by atoms with van der Waals surface area (Å²) in [5.41, 5.74) is 1.31. The first-order valence-corrected chi connectivity index (χ1v) is 12.1. The number of nitrogens with zero attached hydrogens (tertiary/aromatic N) is 1. The van der Waals surface area contributed by atoms with Crippen molar-refractivity contribution in [1.82, 2.24) is 4.90 Å². The van der Waals surface area contributed by atoms with Crippen LogP contribution in [0.2, 0.25) is 0 Å². The van der Waals surface area contributed by atoms with Crippen LogP contribution < -0.4 is 9.47 Å². The fourth-order valence-electron chi connectivity index (χ4n) is 4.05. The van der Waals surface area contributed by atoms with Gasteiger partial charge in [-0.25, -0.2) is 0 Å². The van der Waals surface area contributed by atoms with Gasteiger partial charge in [0, 0.05) is 12.1 Å². The standard InChI is InChI=1S/C28H35NO5/c1-5-7-8-16-29-25(20-12-14-22(15-13-20)33-6-2)24(27(31)28(29)32)26(30)21-10-9-11-23(17-21)34-18-19(3)4/h9-15,17,19,25,30H,5-8,16,18H2,1-4H3/b26-24-. The number of hydrogen-bond acceptors (Lipinski definition) is 5. The van der Waals surface area contributed by atoms with E-state index in [1.807, 2.05) is 37.3 Å². The Bertz CT molecular complexity index is 1030. The molecule has 0 bridgehead atoms. The summed E-state index contributed by atoms with van der Waals surface area (Å²) in [4.78, 5) is 27.8. The first kappa shape index (κ1) is 25.3. The fraction of sp³-hybridized carbons (Fsp3) is 0.429. The van der Waals surface area contributed by atoms with Crippen molar-refractivity contribution >= 4 is 17.4 Å². The molecule has 2 aromatic carbocycles. The summed E-state index contributed by atoms with van der Waals surface area (Å²) in [6, 6.07) is 13.7.